The summed E-state index contributed by atoms with van der Waals surface area (Å²) in [6.07, 6.45) is 0.625. The molecule has 7 nitrogen and oxygen atoms in total. The average Bonchev–Trinajstić information content (AvgIpc) is 3.05. The minimum Gasteiger partial charge on any atom is -0.357 e. The van der Waals surface area contributed by atoms with Crippen molar-refractivity contribution in [3.05, 3.63) is 131 Å². The predicted octanol–water partition coefficient (Wildman–Crippen LogP) is 4.31. The molecule has 3 amide bonds. The van der Waals surface area contributed by atoms with Gasteiger partial charge in [-0.1, -0.05) is 97.1 Å². The SMILES string of the molecule is CNC(=O)[C@@H](Cc1ccccc1)N(C)C(=O)[C@@H](Cc1ccc(-c2ccccc2)cc1)N(C)C(=O)c1cccc(CN)c1. The van der Waals surface area contributed by atoms with Crippen LogP contribution in [0.5, 0.6) is 0 Å². The van der Waals surface area contributed by atoms with Crippen LogP contribution in [0.25, 0.3) is 11.1 Å². The molecule has 42 heavy (non-hydrogen) atoms. The zero-order valence-corrected chi connectivity index (χ0v) is 24.4. The van der Waals surface area contributed by atoms with Gasteiger partial charge in [0.2, 0.25) is 11.8 Å². The lowest BCUT2D eigenvalue weighted by atomic mass is 9.97. The van der Waals surface area contributed by atoms with Crippen molar-refractivity contribution in [3.63, 3.8) is 0 Å². The molecule has 0 bridgehead atoms. The molecule has 3 N–H and O–H groups in total. The summed E-state index contributed by atoms with van der Waals surface area (Å²) in [5.74, 6) is -0.889. The molecule has 0 aliphatic carbocycles. The first kappa shape index (κ1) is 30.2. The van der Waals surface area contributed by atoms with Gasteiger partial charge in [-0.25, -0.2) is 0 Å². The zero-order chi connectivity index (χ0) is 30.1. The maximum atomic E-state index is 14.2. The van der Waals surface area contributed by atoms with Crippen LogP contribution >= 0.6 is 0 Å². The van der Waals surface area contributed by atoms with Crippen LogP contribution < -0.4 is 11.1 Å². The standard InChI is InChI=1S/C35H38N4O3/c1-37-33(40)31(22-25-11-6-4-7-12-25)38(2)35(42)32(39(3)34(41)30-16-10-13-27(21-30)24-36)23-26-17-19-29(20-18-26)28-14-8-5-9-15-28/h4-21,31-32H,22-24,36H2,1-3H3,(H,37,40)/t31-,32-/m1/s1. The highest BCUT2D eigenvalue weighted by atomic mass is 16.2. The molecule has 0 saturated heterocycles. The summed E-state index contributed by atoms with van der Waals surface area (Å²) >= 11 is 0. The van der Waals surface area contributed by atoms with Crippen LogP contribution in [0.1, 0.15) is 27.0 Å². The number of likely N-dealkylation sites (N-methyl/N-ethyl adjacent to an activating group) is 3. The highest BCUT2D eigenvalue weighted by Gasteiger charge is 2.35. The Morgan fingerprint density at radius 1 is 0.667 bits per heavy atom. The van der Waals surface area contributed by atoms with E-state index in [1.54, 1.807) is 39.3 Å². The third-order valence-corrected chi connectivity index (χ3v) is 7.61. The van der Waals surface area contributed by atoms with Crippen molar-refractivity contribution in [3.8, 4) is 11.1 Å². The summed E-state index contributed by atoms with van der Waals surface area (Å²) < 4.78 is 0. The van der Waals surface area contributed by atoms with Gasteiger partial charge < -0.3 is 20.9 Å². The first-order valence-corrected chi connectivity index (χ1v) is 14.0. The number of nitrogens with two attached hydrogens (primary N) is 1. The molecule has 0 saturated carbocycles. The number of rotatable bonds is 11. The molecule has 4 rings (SSSR count). The Morgan fingerprint density at radius 2 is 1.21 bits per heavy atom. The second-order valence-corrected chi connectivity index (χ2v) is 10.4. The lowest BCUT2D eigenvalue weighted by Crippen LogP contribution is -2.55. The van der Waals surface area contributed by atoms with E-state index in [2.05, 4.69) is 5.32 Å². The van der Waals surface area contributed by atoms with Crippen LogP contribution in [0, 0.1) is 0 Å². The first-order chi connectivity index (χ1) is 20.3. The van der Waals surface area contributed by atoms with Gasteiger partial charge in [-0.15, -0.1) is 0 Å². The fourth-order valence-corrected chi connectivity index (χ4v) is 5.05. The number of amides is 3. The fraction of sp³-hybridized carbons (Fsp3) is 0.229. The Kier molecular flexibility index (Phi) is 10.2. The Labute approximate surface area is 248 Å². The Morgan fingerprint density at radius 3 is 1.83 bits per heavy atom. The molecule has 0 unspecified atom stereocenters. The molecule has 0 heterocycles. The molecule has 2 atom stereocenters. The predicted molar refractivity (Wildman–Crippen MR) is 167 cm³/mol. The van der Waals surface area contributed by atoms with Crippen molar-refractivity contribution >= 4 is 17.7 Å². The molecule has 0 aliphatic rings. The van der Waals surface area contributed by atoms with Crippen molar-refractivity contribution in [2.24, 2.45) is 5.73 Å². The van der Waals surface area contributed by atoms with Crippen LogP contribution in [0.3, 0.4) is 0 Å². The third kappa shape index (κ3) is 7.30. The highest BCUT2D eigenvalue weighted by molar-refractivity contribution is 5.98. The normalized spacial score (nSPS) is 12.2. The molecule has 0 aliphatic heterocycles. The zero-order valence-electron chi connectivity index (χ0n) is 24.4. The molecular weight excluding hydrogens is 524 g/mol. The number of hydrogen-bond acceptors (Lipinski definition) is 4. The number of benzene rings is 4. The van der Waals surface area contributed by atoms with Crippen LogP contribution in [0.15, 0.2) is 109 Å². The second kappa shape index (κ2) is 14.2. The number of carbonyl (C=O) groups is 3. The third-order valence-electron chi connectivity index (χ3n) is 7.61. The van der Waals surface area contributed by atoms with E-state index in [1.807, 2.05) is 91.0 Å². The Hall–Kier alpha value is -4.75. The maximum Gasteiger partial charge on any atom is 0.254 e. The number of nitrogens with zero attached hydrogens (tertiary/aromatic N) is 2. The van der Waals surface area contributed by atoms with Gasteiger partial charge in [-0.2, -0.15) is 0 Å². The van der Waals surface area contributed by atoms with E-state index in [9.17, 15) is 14.4 Å². The van der Waals surface area contributed by atoms with Gasteiger partial charge in [0.05, 0.1) is 0 Å². The molecule has 0 aromatic heterocycles. The molecule has 0 fully saturated rings. The summed E-state index contributed by atoms with van der Waals surface area (Å²) in [5.41, 5.74) is 11.1. The lowest BCUT2D eigenvalue weighted by Gasteiger charge is -2.34. The Balaban J connectivity index is 1.66. The summed E-state index contributed by atoms with van der Waals surface area (Å²) in [6.45, 7) is 0.303. The van der Waals surface area contributed by atoms with Crippen molar-refractivity contribution in [2.75, 3.05) is 21.1 Å². The molecule has 4 aromatic rings. The smallest absolute Gasteiger partial charge is 0.254 e. The van der Waals surface area contributed by atoms with Gasteiger partial charge in [0, 0.05) is 46.1 Å². The van der Waals surface area contributed by atoms with Gasteiger partial charge in [0.15, 0.2) is 0 Å². The van der Waals surface area contributed by atoms with Crippen LogP contribution in [0.4, 0.5) is 0 Å². The van der Waals surface area contributed by atoms with E-state index in [-0.39, 0.29) is 24.1 Å². The number of carbonyl (C=O) groups excluding carboxylic acids is 3. The minimum atomic E-state index is -0.852. The van der Waals surface area contributed by atoms with E-state index >= 15 is 0 Å². The van der Waals surface area contributed by atoms with Crippen LogP contribution in [-0.4, -0.2) is 60.7 Å². The molecule has 0 radical (unpaired) electrons. The first-order valence-electron chi connectivity index (χ1n) is 14.0. The largest absolute Gasteiger partial charge is 0.357 e. The minimum absolute atomic E-state index is 0.273. The van der Waals surface area contributed by atoms with E-state index in [1.165, 1.54) is 9.80 Å². The van der Waals surface area contributed by atoms with Crippen molar-refractivity contribution < 1.29 is 14.4 Å². The number of hydrogen-bond donors (Lipinski definition) is 2. The monoisotopic (exact) mass is 562 g/mol. The van der Waals surface area contributed by atoms with Crippen LogP contribution in [0.2, 0.25) is 0 Å². The van der Waals surface area contributed by atoms with Gasteiger partial charge >= 0.3 is 0 Å². The average molecular weight is 563 g/mol. The van der Waals surface area contributed by atoms with E-state index in [0.717, 1.165) is 27.8 Å². The molecule has 216 valence electrons. The molecule has 7 heteroatoms. The van der Waals surface area contributed by atoms with Crippen molar-refractivity contribution in [1.82, 2.24) is 15.1 Å². The van der Waals surface area contributed by atoms with Gasteiger partial charge in [-0.05, 0) is 39.9 Å². The van der Waals surface area contributed by atoms with Gasteiger partial charge in [0.1, 0.15) is 12.1 Å². The van der Waals surface area contributed by atoms with Crippen molar-refractivity contribution in [1.29, 1.82) is 0 Å². The quantitative estimate of drug-likeness (QED) is 0.285. The van der Waals surface area contributed by atoms with Crippen LogP contribution in [-0.2, 0) is 29.0 Å². The molecular formula is C35H38N4O3. The molecule has 4 aromatic carbocycles. The van der Waals surface area contributed by atoms with Gasteiger partial charge in [-0.3, -0.25) is 14.4 Å². The van der Waals surface area contributed by atoms with E-state index in [0.29, 0.717) is 18.5 Å². The summed E-state index contributed by atoms with van der Waals surface area (Å²) in [7, 11) is 4.83. The fourth-order valence-electron chi connectivity index (χ4n) is 5.05. The van der Waals surface area contributed by atoms with E-state index < -0.39 is 12.1 Å². The second-order valence-electron chi connectivity index (χ2n) is 10.4. The lowest BCUT2D eigenvalue weighted by molar-refractivity contribution is -0.142. The summed E-state index contributed by atoms with van der Waals surface area (Å²) in [4.78, 5) is 43.9. The van der Waals surface area contributed by atoms with Crippen molar-refractivity contribution in [2.45, 2.75) is 31.5 Å². The Bertz CT molecular complexity index is 1490. The number of nitrogens with one attached hydrogen (secondary N) is 1. The highest BCUT2D eigenvalue weighted by Crippen LogP contribution is 2.22. The summed E-state index contributed by atoms with van der Waals surface area (Å²) in [6, 6.07) is 33.2. The van der Waals surface area contributed by atoms with E-state index in [4.69, 9.17) is 5.73 Å². The topological polar surface area (TPSA) is 95.7 Å². The van der Waals surface area contributed by atoms with Gasteiger partial charge in [0.25, 0.3) is 5.91 Å². The molecule has 0 spiro atoms. The summed E-state index contributed by atoms with van der Waals surface area (Å²) in [5, 5.41) is 2.70. The maximum absolute atomic E-state index is 14.2.